The van der Waals surface area contributed by atoms with Gasteiger partial charge in [-0.25, -0.2) is 4.39 Å². The highest BCUT2D eigenvalue weighted by Crippen LogP contribution is 2.17. The van der Waals surface area contributed by atoms with Crippen LogP contribution in [0.1, 0.15) is 44.1 Å². The van der Waals surface area contributed by atoms with E-state index in [4.69, 9.17) is 0 Å². The van der Waals surface area contributed by atoms with Crippen molar-refractivity contribution >= 4 is 17.7 Å². The number of hydrogen-bond donors (Lipinski definition) is 1. The molecule has 2 fully saturated rings. The molecule has 27 heavy (non-hydrogen) atoms. The van der Waals surface area contributed by atoms with E-state index in [2.05, 4.69) is 5.32 Å². The molecule has 3 amide bonds. The van der Waals surface area contributed by atoms with Crippen molar-refractivity contribution in [2.24, 2.45) is 0 Å². The highest BCUT2D eigenvalue weighted by atomic mass is 19.1. The first-order valence-corrected chi connectivity index (χ1v) is 9.65. The van der Waals surface area contributed by atoms with Gasteiger partial charge in [-0.1, -0.05) is 37.8 Å². The first kappa shape index (κ1) is 19.3. The summed E-state index contributed by atoms with van der Waals surface area (Å²) >= 11 is 0. The van der Waals surface area contributed by atoms with Crippen LogP contribution in [0.3, 0.4) is 0 Å². The Labute approximate surface area is 158 Å². The Bertz CT molecular complexity index is 684. The second-order valence-corrected chi connectivity index (χ2v) is 7.34. The zero-order valence-corrected chi connectivity index (χ0v) is 15.5. The highest BCUT2D eigenvalue weighted by Gasteiger charge is 2.33. The molecule has 1 saturated heterocycles. The molecule has 2 aliphatic rings. The quantitative estimate of drug-likeness (QED) is 0.631. The second-order valence-electron chi connectivity index (χ2n) is 7.34. The standard InChI is InChI=1S/C20H26FN3O3/c21-16-9-7-15(8-10-16)13-23-11-12-24(20(27)19(23)26)14-18(25)22-17-5-3-1-2-4-6-17/h7-10,17H,1-6,11-14H2,(H,22,25). The lowest BCUT2D eigenvalue weighted by Gasteiger charge is -2.33. The maximum Gasteiger partial charge on any atom is 0.312 e. The monoisotopic (exact) mass is 375 g/mol. The first-order valence-electron chi connectivity index (χ1n) is 9.65. The Morgan fingerprint density at radius 3 is 2.22 bits per heavy atom. The molecule has 6 nitrogen and oxygen atoms in total. The minimum Gasteiger partial charge on any atom is -0.352 e. The summed E-state index contributed by atoms with van der Waals surface area (Å²) in [5.41, 5.74) is 0.761. The van der Waals surface area contributed by atoms with Gasteiger partial charge in [0.1, 0.15) is 12.4 Å². The van der Waals surface area contributed by atoms with Crippen LogP contribution in [0.5, 0.6) is 0 Å². The number of nitrogens with zero attached hydrogens (tertiary/aromatic N) is 2. The van der Waals surface area contributed by atoms with E-state index in [0.29, 0.717) is 13.1 Å². The van der Waals surface area contributed by atoms with Gasteiger partial charge in [0, 0.05) is 25.7 Å². The van der Waals surface area contributed by atoms with Crippen LogP contribution in [0, 0.1) is 5.82 Å². The number of benzene rings is 1. The average Bonchev–Trinajstić information content (AvgIpc) is 2.92. The summed E-state index contributed by atoms with van der Waals surface area (Å²) in [6.07, 6.45) is 6.59. The third kappa shape index (κ3) is 5.28. The molecule has 0 unspecified atom stereocenters. The zero-order valence-electron chi connectivity index (χ0n) is 15.5. The maximum atomic E-state index is 13.0. The Kier molecular flexibility index (Phi) is 6.42. The molecule has 0 aromatic heterocycles. The number of carbonyl (C=O) groups excluding carboxylic acids is 3. The third-order valence-corrected chi connectivity index (χ3v) is 5.24. The van der Waals surface area contributed by atoms with Crippen molar-refractivity contribution in [2.75, 3.05) is 19.6 Å². The smallest absolute Gasteiger partial charge is 0.312 e. The molecular formula is C20H26FN3O3. The molecule has 7 heteroatoms. The van der Waals surface area contributed by atoms with E-state index in [-0.39, 0.29) is 30.9 Å². The van der Waals surface area contributed by atoms with E-state index >= 15 is 0 Å². The summed E-state index contributed by atoms with van der Waals surface area (Å²) in [4.78, 5) is 39.7. The van der Waals surface area contributed by atoms with Gasteiger partial charge in [0.2, 0.25) is 5.91 Å². The van der Waals surface area contributed by atoms with E-state index in [1.165, 1.54) is 34.8 Å². The predicted octanol–water partition coefficient (Wildman–Crippen LogP) is 1.84. The number of nitrogens with one attached hydrogen (secondary N) is 1. The zero-order chi connectivity index (χ0) is 19.2. The van der Waals surface area contributed by atoms with Crippen molar-refractivity contribution in [3.63, 3.8) is 0 Å². The summed E-state index contributed by atoms with van der Waals surface area (Å²) in [6, 6.07) is 6.02. The van der Waals surface area contributed by atoms with Crippen LogP contribution in [0.2, 0.25) is 0 Å². The molecule has 3 rings (SSSR count). The molecule has 0 radical (unpaired) electrons. The van der Waals surface area contributed by atoms with Crippen LogP contribution in [0.15, 0.2) is 24.3 Å². The van der Waals surface area contributed by atoms with E-state index in [1.54, 1.807) is 12.1 Å². The fourth-order valence-electron chi connectivity index (χ4n) is 3.70. The SMILES string of the molecule is O=C(CN1CCN(Cc2ccc(F)cc2)C(=O)C1=O)NC1CCCCCC1. The molecule has 1 heterocycles. The van der Waals surface area contributed by atoms with Crippen molar-refractivity contribution in [1.29, 1.82) is 0 Å². The van der Waals surface area contributed by atoms with Crippen molar-refractivity contribution in [2.45, 2.75) is 51.1 Å². The number of rotatable bonds is 5. The van der Waals surface area contributed by atoms with Gasteiger partial charge in [-0.15, -0.1) is 0 Å². The Morgan fingerprint density at radius 1 is 0.963 bits per heavy atom. The molecule has 1 aromatic carbocycles. The second kappa shape index (κ2) is 8.97. The molecule has 0 spiro atoms. The van der Waals surface area contributed by atoms with Gasteiger partial charge in [0.25, 0.3) is 0 Å². The van der Waals surface area contributed by atoms with Crippen LogP contribution in [-0.4, -0.2) is 53.2 Å². The van der Waals surface area contributed by atoms with Crippen molar-refractivity contribution < 1.29 is 18.8 Å². The van der Waals surface area contributed by atoms with Gasteiger partial charge in [0.15, 0.2) is 0 Å². The van der Waals surface area contributed by atoms with Gasteiger partial charge in [-0.05, 0) is 30.5 Å². The van der Waals surface area contributed by atoms with Gasteiger partial charge in [-0.3, -0.25) is 14.4 Å². The minimum absolute atomic E-state index is 0.0779. The van der Waals surface area contributed by atoms with Crippen molar-refractivity contribution in [3.8, 4) is 0 Å². The first-order chi connectivity index (χ1) is 13.0. The van der Waals surface area contributed by atoms with E-state index in [9.17, 15) is 18.8 Å². The van der Waals surface area contributed by atoms with E-state index < -0.39 is 11.8 Å². The molecular weight excluding hydrogens is 349 g/mol. The molecule has 1 aliphatic carbocycles. The van der Waals surface area contributed by atoms with E-state index in [1.807, 2.05) is 0 Å². The number of piperazine rings is 1. The molecule has 0 bridgehead atoms. The van der Waals surface area contributed by atoms with Crippen molar-refractivity contribution in [3.05, 3.63) is 35.6 Å². The molecule has 1 saturated carbocycles. The number of halogens is 1. The van der Waals surface area contributed by atoms with Crippen LogP contribution in [0.4, 0.5) is 4.39 Å². The Balaban J connectivity index is 1.50. The van der Waals surface area contributed by atoms with Crippen LogP contribution < -0.4 is 5.32 Å². The Hall–Kier alpha value is -2.44. The fourth-order valence-corrected chi connectivity index (χ4v) is 3.70. The Morgan fingerprint density at radius 2 is 1.56 bits per heavy atom. The lowest BCUT2D eigenvalue weighted by Crippen LogP contribution is -2.56. The largest absolute Gasteiger partial charge is 0.352 e. The number of carbonyl (C=O) groups is 3. The average molecular weight is 375 g/mol. The molecule has 0 atom stereocenters. The summed E-state index contributed by atoms with van der Waals surface area (Å²) in [6.45, 7) is 0.862. The third-order valence-electron chi connectivity index (χ3n) is 5.24. The molecule has 1 N–H and O–H groups in total. The highest BCUT2D eigenvalue weighted by molar-refractivity contribution is 6.35. The van der Waals surface area contributed by atoms with Crippen LogP contribution >= 0.6 is 0 Å². The number of amides is 3. The van der Waals surface area contributed by atoms with E-state index in [0.717, 1.165) is 31.2 Å². The van der Waals surface area contributed by atoms with Gasteiger partial charge < -0.3 is 15.1 Å². The summed E-state index contributed by atoms with van der Waals surface area (Å²) < 4.78 is 13.0. The van der Waals surface area contributed by atoms with Crippen LogP contribution in [-0.2, 0) is 20.9 Å². The summed E-state index contributed by atoms with van der Waals surface area (Å²) in [5.74, 6) is -1.81. The molecule has 1 aromatic rings. The van der Waals surface area contributed by atoms with Gasteiger partial charge in [0.05, 0.1) is 0 Å². The topological polar surface area (TPSA) is 69.7 Å². The van der Waals surface area contributed by atoms with Crippen molar-refractivity contribution in [1.82, 2.24) is 15.1 Å². The number of hydrogen-bond acceptors (Lipinski definition) is 3. The lowest BCUT2D eigenvalue weighted by molar-refractivity contribution is -0.157. The van der Waals surface area contributed by atoms with Crippen LogP contribution in [0.25, 0.3) is 0 Å². The lowest BCUT2D eigenvalue weighted by atomic mass is 10.1. The summed E-state index contributed by atoms with van der Waals surface area (Å²) in [5, 5.41) is 3.00. The van der Waals surface area contributed by atoms with Gasteiger partial charge >= 0.3 is 11.8 Å². The van der Waals surface area contributed by atoms with Gasteiger partial charge in [-0.2, -0.15) is 0 Å². The fraction of sp³-hybridized carbons (Fsp3) is 0.550. The maximum absolute atomic E-state index is 13.0. The normalized spacial score (nSPS) is 19.1. The minimum atomic E-state index is -0.653. The summed E-state index contributed by atoms with van der Waals surface area (Å²) in [7, 11) is 0. The molecule has 146 valence electrons. The molecule has 1 aliphatic heterocycles. The predicted molar refractivity (Wildman–Crippen MR) is 98.0 cm³/mol.